The van der Waals surface area contributed by atoms with Crippen molar-refractivity contribution in [2.45, 2.75) is 197 Å². The van der Waals surface area contributed by atoms with Crippen LogP contribution in [0.3, 0.4) is 0 Å². The molecule has 0 aliphatic heterocycles. The van der Waals surface area contributed by atoms with Gasteiger partial charge in [0.15, 0.2) is 0 Å². The highest BCUT2D eigenvalue weighted by atomic mass is 14.6. The maximum absolute atomic E-state index is 2.75. The zero-order valence-corrected chi connectivity index (χ0v) is 30.0. The summed E-state index contributed by atoms with van der Waals surface area (Å²) in [5, 5.41) is 0. The molecule has 0 bridgehead atoms. The molecule has 0 spiro atoms. The van der Waals surface area contributed by atoms with Gasteiger partial charge in [-0.2, -0.15) is 0 Å². The van der Waals surface area contributed by atoms with Crippen molar-refractivity contribution in [3.63, 3.8) is 0 Å². The zero-order valence-electron chi connectivity index (χ0n) is 30.0. The van der Waals surface area contributed by atoms with Crippen LogP contribution < -0.4 is 0 Å². The van der Waals surface area contributed by atoms with Gasteiger partial charge in [0.1, 0.15) is 0 Å². The van der Waals surface area contributed by atoms with Gasteiger partial charge in [0.2, 0.25) is 0 Å². The van der Waals surface area contributed by atoms with E-state index in [4.69, 9.17) is 0 Å². The Morgan fingerprint density at radius 3 is 1.95 bits per heavy atom. The molecule has 3 fully saturated rings. The van der Waals surface area contributed by atoms with Gasteiger partial charge in [-0.15, -0.1) is 0 Å². The molecule has 0 saturated heterocycles. The fourth-order valence-corrected chi connectivity index (χ4v) is 10.8. The first-order valence-electron chi connectivity index (χ1n) is 19.5. The Balaban J connectivity index is 1.37. The van der Waals surface area contributed by atoms with Crippen LogP contribution in [-0.4, -0.2) is 0 Å². The molecular formula is C41H78. The van der Waals surface area contributed by atoms with Crippen molar-refractivity contribution >= 4 is 0 Å². The third kappa shape index (κ3) is 9.74. The van der Waals surface area contributed by atoms with Crippen molar-refractivity contribution in [1.82, 2.24) is 0 Å². The fraction of sp³-hybridized carbons (Fsp3) is 1.00. The Morgan fingerprint density at radius 1 is 0.634 bits per heavy atom. The first-order valence-corrected chi connectivity index (χ1v) is 19.5. The average Bonchev–Trinajstić information content (AvgIpc) is 3.28. The van der Waals surface area contributed by atoms with E-state index in [9.17, 15) is 0 Å². The molecule has 41 heavy (non-hydrogen) atoms. The highest BCUT2D eigenvalue weighted by Crippen LogP contribution is 2.64. The topological polar surface area (TPSA) is 0 Å². The minimum Gasteiger partial charge on any atom is -0.0651 e. The lowest BCUT2D eigenvalue weighted by Gasteiger charge is -2.55. The monoisotopic (exact) mass is 571 g/mol. The predicted octanol–water partition coefficient (Wildman–Crippen LogP) is 13.9. The van der Waals surface area contributed by atoms with E-state index >= 15 is 0 Å². The van der Waals surface area contributed by atoms with Crippen molar-refractivity contribution in [1.29, 1.82) is 0 Å². The number of unbranched alkanes of at least 4 members (excludes halogenated alkanes) is 4. The van der Waals surface area contributed by atoms with Crippen LogP contribution >= 0.6 is 0 Å². The van der Waals surface area contributed by atoms with Crippen molar-refractivity contribution < 1.29 is 0 Å². The molecule has 3 aliphatic carbocycles. The Labute approximate surface area is 260 Å². The highest BCUT2D eigenvalue weighted by Gasteiger charge is 2.55. The van der Waals surface area contributed by atoms with Crippen LogP contribution in [0.5, 0.6) is 0 Å². The first kappa shape index (κ1) is 35.5. The molecular weight excluding hydrogens is 492 g/mol. The van der Waals surface area contributed by atoms with Gasteiger partial charge in [-0.05, 0) is 128 Å². The van der Waals surface area contributed by atoms with E-state index in [1.54, 1.807) is 25.7 Å². The van der Waals surface area contributed by atoms with Gasteiger partial charge in [-0.3, -0.25) is 0 Å². The lowest BCUT2D eigenvalue weighted by molar-refractivity contribution is -0.0593. The summed E-state index contributed by atoms with van der Waals surface area (Å²) in [5.74, 6) is 8.70. The van der Waals surface area contributed by atoms with E-state index in [1.807, 2.05) is 0 Å². The van der Waals surface area contributed by atoms with Crippen molar-refractivity contribution in [3.05, 3.63) is 0 Å². The Bertz CT molecular complexity index is 697. The summed E-state index contributed by atoms with van der Waals surface area (Å²) in [6.45, 7) is 22.7. The smallest absolute Gasteiger partial charge is 0.0266 e. The number of fused-ring (bicyclic) bond motifs is 1. The number of hydrogen-bond acceptors (Lipinski definition) is 0. The quantitative estimate of drug-likeness (QED) is 0.144. The average molecular weight is 571 g/mol. The van der Waals surface area contributed by atoms with E-state index in [1.165, 1.54) is 109 Å². The molecule has 8 atom stereocenters. The minimum absolute atomic E-state index is 0.635. The van der Waals surface area contributed by atoms with E-state index in [-0.39, 0.29) is 0 Å². The number of hydrogen-bond donors (Lipinski definition) is 0. The second-order valence-corrected chi connectivity index (χ2v) is 17.6. The molecule has 0 N–H and O–H groups in total. The molecule has 0 nitrogen and oxygen atoms in total. The summed E-state index contributed by atoms with van der Waals surface area (Å²) in [5.41, 5.74) is 1.29. The molecule has 3 aliphatic rings. The summed E-state index contributed by atoms with van der Waals surface area (Å²) < 4.78 is 0. The lowest BCUT2D eigenvalue weighted by Crippen LogP contribution is -2.47. The second-order valence-electron chi connectivity index (χ2n) is 17.6. The Kier molecular flexibility index (Phi) is 14.6. The second kappa shape index (κ2) is 16.9. The maximum Gasteiger partial charge on any atom is -0.0266 e. The van der Waals surface area contributed by atoms with Crippen LogP contribution in [-0.2, 0) is 0 Å². The predicted molar refractivity (Wildman–Crippen MR) is 184 cm³/mol. The van der Waals surface area contributed by atoms with Crippen LogP contribution in [0, 0.1) is 64.1 Å². The summed E-state index contributed by atoms with van der Waals surface area (Å²) in [4.78, 5) is 0. The molecule has 242 valence electrons. The highest BCUT2D eigenvalue weighted by molar-refractivity contribution is 5.05. The third-order valence-electron chi connectivity index (χ3n) is 14.3. The van der Waals surface area contributed by atoms with Gasteiger partial charge in [0.05, 0.1) is 0 Å². The molecule has 0 radical (unpaired) electrons. The fourth-order valence-electron chi connectivity index (χ4n) is 10.8. The molecule has 0 heterocycles. The van der Waals surface area contributed by atoms with E-state index in [0.29, 0.717) is 10.8 Å². The zero-order chi connectivity index (χ0) is 30.0. The van der Waals surface area contributed by atoms with Gasteiger partial charge < -0.3 is 0 Å². The first-order chi connectivity index (χ1) is 19.5. The van der Waals surface area contributed by atoms with E-state index < -0.39 is 0 Å². The normalized spacial score (nSPS) is 36.3. The SMILES string of the molecule is CCC(C)CC(C)C(C)CCCCCCC1CCC(C)(C2CCC3(C)C(CCCCC(C)C)CCC3C2CC)CC1. The summed E-state index contributed by atoms with van der Waals surface area (Å²) in [6, 6.07) is 0. The summed E-state index contributed by atoms with van der Waals surface area (Å²) in [7, 11) is 0. The van der Waals surface area contributed by atoms with Crippen LogP contribution in [0.1, 0.15) is 197 Å². The van der Waals surface area contributed by atoms with E-state index in [2.05, 4.69) is 62.3 Å². The molecule has 3 saturated carbocycles. The molecule has 0 aromatic rings. The molecule has 3 rings (SSSR count). The Hall–Kier alpha value is 0. The van der Waals surface area contributed by atoms with Crippen molar-refractivity contribution in [2.75, 3.05) is 0 Å². The maximum atomic E-state index is 2.75. The van der Waals surface area contributed by atoms with Gasteiger partial charge in [-0.25, -0.2) is 0 Å². The van der Waals surface area contributed by atoms with Crippen LogP contribution in [0.2, 0.25) is 0 Å². The van der Waals surface area contributed by atoms with Gasteiger partial charge in [-0.1, -0.05) is 133 Å². The molecule has 0 amide bonds. The number of rotatable bonds is 18. The summed E-state index contributed by atoms with van der Waals surface area (Å²) >= 11 is 0. The molecule has 8 unspecified atom stereocenters. The van der Waals surface area contributed by atoms with E-state index in [0.717, 1.165) is 53.3 Å². The van der Waals surface area contributed by atoms with Crippen LogP contribution in [0.4, 0.5) is 0 Å². The minimum atomic E-state index is 0.635. The molecule has 0 aromatic heterocycles. The van der Waals surface area contributed by atoms with Gasteiger partial charge in [0, 0.05) is 0 Å². The molecule has 0 aromatic carbocycles. The van der Waals surface area contributed by atoms with Gasteiger partial charge in [0.25, 0.3) is 0 Å². The van der Waals surface area contributed by atoms with Crippen LogP contribution in [0.25, 0.3) is 0 Å². The van der Waals surface area contributed by atoms with Crippen molar-refractivity contribution in [3.8, 4) is 0 Å². The lowest BCUT2D eigenvalue weighted by atomic mass is 9.50. The van der Waals surface area contributed by atoms with Crippen molar-refractivity contribution in [2.24, 2.45) is 64.1 Å². The van der Waals surface area contributed by atoms with Crippen LogP contribution in [0.15, 0.2) is 0 Å². The summed E-state index contributed by atoms with van der Waals surface area (Å²) in [6.07, 6.45) is 31.4. The van der Waals surface area contributed by atoms with Gasteiger partial charge >= 0.3 is 0 Å². The standard InChI is InChI=1S/C41H78/c1-10-32(5)30-34(7)33(6)19-14-12-13-15-20-35-24-27-40(8,28-25-35)38-26-29-41(9)36(21-17-16-18-31(3)4)22-23-39(41)37(38)11-2/h31-39H,10-30H2,1-9H3. The largest absolute Gasteiger partial charge is 0.0651 e. The Morgan fingerprint density at radius 2 is 1.29 bits per heavy atom. The third-order valence-corrected chi connectivity index (χ3v) is 14.3. The molecule has 0 heteroatoms.